The molecule has 3 heteroatoms. The fourth-order valence-corrected chi connectivity index (χ4v) is 2.16. The third-order valence-electron chi connectivity index (χ3n) is 3.19. The van der Waals surface area contributed by atoms with Crippen LogP contribution in [0.2, 0.25) is 0 Å². The smallest absolute Gasteiger partial charge is 0.115 e. The van der Waals surface area contributed by atoms with Crippen LogP contribution in [0.3, 0.4) is 0 Å². The third-order valence-corrected chi connectivity index (χ3v) is 3.19. The second-order valence-corrected chi connectivity index (χ2v) is 4.33. The minimum Gasteiger partial charge on any atom is -0.327 e. The summed E-state index contributed by atoms with van der Waals surface area (Å²) in [6.45, 7) is 2.12. The van der Waals surface area contributed by atoms with Crippen LogP contribution in [0.1, 0.15) is 43.1 Å². The number of hydrogen-bond donors (Lipinski definition) is 1. The summed E-state index contributed by atoms with van der Waals surface area (Å²) in [5.41, 5.74) is 9.81. The zero-order valence-corrected chi connectivity index (χ0v) is 9.37. The van der Waals surface area contributed by atoms with Crippen LogP contribution in [-0.2, 0) is 19.3 Å². The van der Waals surface area contributed by atoms with E-state index in [1.807, 2.05) is 0 Å². The average Bonchev–Trinajstić information content (AvgIpc) is 2.29. The lowest BCUT2D eigenvalue weighted by molar-refractivity contribution is 0.606. The molecule has 0 spiro atoms. The molecule has 0 amide bonds. The fourth-order valence-electron chi connectivity index (χ4n) is 2.16. The van der Waals surface area contributed by atoms with Crippen LogP contribution < -0.4 is 5.73 Å². The van der Waals surface area contributed by atoms with Crippen molar-refractivity contribution in [3.63, 3.8) is 0 Å². The van der Waals surface area contributed by atoms with E-state index in [1.165, 1.54) is 29.8 Å². The Morgan fingerprint density at radius 2 is 2.13 bits per heavy atom. The molecule has 1 aliphatic rings. The molecule has 0 aliphatic heterocycles. The molecule has 2 N–H and O–H groups in total. The highest BCUT2D eigenvalue weighted by molar-refractivity contribution is 5.27. The Bertz CT molecular complexity index is 336. The lowest BCUT2D eigenvalue weighted by Gasteiger charge is -2.18. The van der Waals surface area contributed by atoms with Crippen molar-refractivity contribution in [1.29, 1.82) is 0 Å². The first-order valence-electron chi connectivity index (χ1n) is 5.88. The predicted molar refractivity (Wildman–Crippen MR) is 60.6 cm³/mol. The maximum absolute atomic E-state index is 5.98. The van der Waals surface area contributed by atoms with Gasteiger partial charge in [-0.1, -0.05) is 6.92 Å². The fraction of sp³-hybridized carbons (Fsp3) is 0.667. The van der Waals surface area contributed by atoms with Gasteiger partial charge in [-0.15, -0.1) is 0 Å². The van der Waals surface area contributed by atoms with E-state index in [4.69, 9.17) is 5.73 Å². The molecule has 0 saturated carbocycles. The standard InChI is InChI=1S/C12H19N3/c1-2-9(13)7-12-10-5-3-4-6-11(10)14-8-15-12/h8-9H,2-7,13H2,1H3. The lowest BCUT2D eigenvalue weighted by Crippen LogP contribution is -2.24. The molecule has 15 heavy (non-hydrogen) atoms. The highest BCUT2D eigenvalue weighted by Gasteiger charge is 2.16. The van der Waals surface area contributed by atoms with Crippen molar-refractivity contribution in [2.24, 2.45) is 5.73 Å². The van der Waals surface area contributed by atoms with E-state index in [0.29, 0.717) is 0 Å². The molecule has 3 nitrogen and oxygen atoms in total. The second kappa shape index (κ2) is 4.71. The third kappa shape index (κ3) is 2.34. The summed E-state index contributed by atoms with van der Waals surface area (Å²) in [6, 6.07) is 0.242. The topological polar surface area (TPSA) is 51.8 Å². The monoisotopic (exact) mass is 205 g/mol. The Kier molecular flexibility index (Phi) is 3.31. The first-order chi connectivity index (χ1) is 7.31. The molecule has 0 fully saturated rings. The molecule has 1 heterocycles. The Hall–Kier alpha value is -0.960. The van der Waals surface area contributed by atoms with Gasteiger partial charge in [-0.2, -0.15) is 0 Å². The highest BCUT2D eigenvalue weighted by atomic mass is 14.9. The second-order valence-electron chi connectivity index (χ2n) is 4.33. The van der Waals surface area contributed by atoms with Crippen molar-refractivity contribution >= 4 is 0 Å². The molecule has 1 atom stereocenters. The number of nitrogens with two attached hydrogens (primary N) is 1. The van der Waals surface area contributed by atoms with E-state index in [0.717, 1.165) is 25.7 Å². The number of nitrogens with zero attached hydrogens (tertiary/aromatic N) is 2. The molecule has 82 valence electrons. The van der Waals surface area contributed by atoms with Crippen molar-refractivity contribution < 1.29 is 0 Å². The zero-order chi connectivity index (χ0) is 10.7. The number of aryl methyl sites for hydroxylation is 1. The van der Waals surface area contributed by atoms with Gasteiger partial charge in [-0.05, 0) is 37.7 Å². The number of fused-ring (bicyclic) bond motifs is 1. The maximum Gasteiger partial charge on any atom is 0.115 e. The van der Waals surface area contributed by atoms with Crippen molar-refractivity contribution in [3.05, 3.63) is 23.3 Å². The SMILES string of the molecule is CCC(N)Cc1ncnc2c1CCCC2. The van der Waals surface area contributed by atoms with Crippen LogP contribution in [0, 0.1) is 0 Å². The number of aromatic nitrogens is 2. The number of rotatable bonds is 3. The van der Waals surface area contributed by atoms with Crippen molar-refractivity contribution in [3.8, 4) is 0 Å². The lowest BCUT2D eigenvalue weighted by atomic mass is 9.92. The summed E-state index contributed by atoms with van der Waals surface area (Å²) < 4.78 is 0. The van der Waals surface area contributed by atoms with Crippen LogP contribution in [0.5, 0.6) is 0 Å². The molecule has 1 aromatic heterocycles. The van der Waals surface area contributed by atoms with Gasteiger partial charge in [0.05, 0.1) is 0 Å². The summed E-state index contributed by atoms with van der Waals surface area (Å²) in [5.74, 6) is 0. The van der Waals surface area contributed by atoms with E-state index in [1.54, 1.807) is 6.33 Å². The molecule has 1 unspecified atom stereocenters. The Balaban J connectivity index is 2.23. The van der Waals surface area contributed by atoms with Gasteiger partial charge in [0.1, 0.15) is 6.33 Å². The first-order valence-corrected chi connectivity index (χ1v) is 5.88. The van der Waals surface area contributed by atoms with E-state index in [-0.39, 0.29) is 6.04 Å². The highest BCUT2D eigenvalue weighted by Crippen LogP contribution is 2.21. The van der Waals surface area contributed by atoms with E-state index in [9.17, 15) is 0 Å². The van der Waals surface area contributed by atoms with E-state index in [2.05, 4.69) is 16.9 Å². The number of hydrogen-bond acceptors (Lipinski definition) is 3. The normalized spacial score (nSPS) is 17.2. The Labute approximate surface area is 91.1 Å². The van der Waals surface area contributed by atoms with Gasteiger partial charge < -0.3 is 5.73 Å². The summed E-state index contributed by atoms with van der Waals surface area (Å²) in [6.07, 6.45) is 8.41. The molecular weight excluding hydrogens is 186 g/mol. The molecule has 1 aromatic rings. The molecule has 1 aliphatic carbocycles. The van der Waals surface area contributed by atoms with Crippen LogP contribution >= 0.6 is 0 Å². The molecule has 0 radical (unpaired) electrons. The minimum atomic E-state index is 0.242. The van der Waals surface area contributed by atoms with E-state index >= 15 is 0 Å². The summed E-state index contributed by atoms with van der Waals surface area (Å²) >= 11 is 0. The van der Waals surface area contributed by atoms with E-state index < -0.39 is 0 Å². The molecule has 0 bridgehead atoms. The van der Waals surface area contributed by atoms with Crippen molar-refractivity contribution in [2.45, 2.75) is 51.5 Å². The van der Waals surface area contributed by atoms with Crippen LogP contribution in [0.15, 0.2) is 6.33 Å². The van der Waals surface area contributed by atoms with Gasteiger partial charge in [0.15, 0.2) is 0 Å². The van der Waals surface area contributed by atoms with Crippen molar-refractivity contribution in [2.75, 3.05) is 0 Å². The summed E-state index contributed by atoms with van der Waals surface area (Å²) in [4.78, 5) is 8.75. The largest absolute Gasteiger partial charge is 0.327 e. The van der Waals surface area contributed by atoms with Gasteiger partial charge in [0, 0.05) is 23.9 Å². The zero-order valence-electron chi connectivity index (χ0n) is 9.37. The molecule has 0 saturated heterocycles. The quantitative estimate of drug-likeness (QED) is 0.816. The first kappa shape index (κ1) is 10.6. The van der Waals surface area contributed by atoms with Crippen LogP contribution in [-0.4, -0.2) is 16.0 Å². The Morgan fingerprint density at radius 1 is 1.33 bits per heavy atom. The molecule has 0 aromatic carbocycles. The van der Waals surface area contributed by atoms with Gasteiger partial charge in [-0.25, -0.2) is 9.97 Å². The Morgan fingerprint density at radius 3 is 2.93 bits per heavy atom. The summed E-state index contributed by atoms with van der Waals surface area (Å²) in [7, 11) is 0. The molecule has 2 rings (SSSR count). The maximum atomic E-state index is 5.98. The van der Waals surface area contributed by atoms with Crippen molar-refractivity contribution in [1.82, 2.24) is 9.97 Å². The predicted octanol–water partition coefficient (Wildman–Crippen LogP) is 1.64. The van der Waals surface area contributed by atoms with Gasteiger partial charge in [0.2, 0.25) is 0 Å². The summed E-state index contributed by atoms with van der Waals surface area (Å²) in [5, 5.41) is 0. The van der Waals surface area contributed by atoms with Gasteiger partial charge in [-0.3, -0.25) is 0 Å². The molecular formula is C12H19N3. The van der Waals surface area contributed by atoms with Gasteiger partial charge >= 0.3 is 0 Å². The van der Waals surface area contributed by atoms with Crippen LogP contribution in [0.25, 0.3) is 0 Å². The van der Waals surface area contributed by atoms with Gasteiger partial charge in [0.25, 0.3) is 0 Å². The average molecular weight is 205 g/mol. The van der Waals surface area contributed by atoms with Crippen LogP contribution in [0.4, 0.5) is 0 Å². The minimum absolute atomic E-state index is 0.242.